The Morgan fingerprint density at radius 2 is 1.95 bits per heavy atom. The molecule has 1 aromatic carbocycles. The highest BCUT2D eigenvalue weighted by Crippen LogP contribution is 2.25. The molecule has 0 aliphatic carbocycles. The maximum atomic E-state index is 5.69. The highest BCUT2D eigenvalue weighted by atomic mass is 32.1. The highest BCUT2D eigenvalue weighted by molar-refractivity contribution is 7.80. The van der Waals surface area contributed by atoms with E-state index < -0.39 is 0 Å². The van der Waals surface area contributed by atoms with Gasteiger partial charge in [0.25, 0.3) is 0 Å². The monoisotopic (exact) mass is 274 g/mol. The van der Waals surface area contributed by atoms with E-state index in [-0.39, 0.29) is 0 Å². The molecule has 0 bridgehead atoms. The summed E-state index contributed by atoms with van der Waals surface area (Å²) in [5, 5.41) is 7.97. The molecule has 0 amide bonds. The number of nitrogens with two attached hydrogens (primary N) is 1. The second kappa shape index (κ2) is 5.62. The Balaban J connectivity index is 2.37. The van der Waals surface area contributed by atoms with Crippen LogP contribution in [0.15, 0.2) is 36.5 Å². The molecule has 0 unspecified atom stereocenters. The first-order valence-electron chi connectivity index (χ1n) is 5.62. The van der Waals surface area contributed by atoms with Gasteiger partial charge in [-0.1, -0.05) is 12.2 Å². The maximum Gasteiger partial charge on any atom is 0.165 e. The predicted octanol–water partition coefficient (Wildman–Crippen LogP) is 1.89. The van der Waals surface area contributed by atoms with Crippen molar-refractivity contribution in [3.63, 3.8) is 0 Å². The molecule has 0 atom stereocenters. The van der Waals surface area contributed by atoms with Gasteiger partial charge >= 0.3 is 0 Å². The summed E-state index contributed by atoms with van der Waals surface area (Å²) in [6.07, 6.45) is 1.57. The molecule has 0 aliphatic heterocycles. The molecule has 0 aliphatic rings. The van der Waals surface area contributed by atoms with Crippen molar-refractivity contribution in [1.82, 2.24) is 10.2 Å². The van der Waals surface area contributed by atoms with Crippen molar-refractivity contribution in [2.75, 3.05) is 19.1 Å². The molecule has 2 N–H and O–H groups in total. The fraction of sp³-hybridized carbons (Fsp3) is 0.154. The molecule has 5 nitrogen and oxygen atoms in total. The van der Waals surface area contributed by atoms with Crippen molar-refractivity contribution >= 4 is 28.7 Å². The van der Waals surface area contributed by atoms with Gasteiger partial charge in [-0.25, -0.2) is 0 Å². The topological polar surface area (TPSA) is 64.3 Å². The minimum absolute atomic E-state index is 0.297. The summed E-state index contributed by atoms with van der Waals surface area (Å²) in [4.78, 5) is 2.17. The van der Waals surface area contributed by atoms with Crippen molar-refractivity contribution in [3.8, 4) is 5.75 Å². The lowest BCUT2D eigenvalue weighted by Gasteiger charge is -2.20. The van der Waals surface area contributed by atoms with Gasteiger partial charge in [-0.05, 0) is 30.3 Å². The lowest BCUT2D eigenvalue weighted by atomic mass is 10.2. The lowest BCUT2D eigenvalue weighted by Crippen LogP contribution is -2.19. The van der Waals surface area contributed by atoms with Crippen LogP contribution in [-0.2, 0) is 0 Å². The number of hydrogen-bond donors (Lipinski definition) is 1. The quantitative estimate of drug-likeness (QED) is 0.859. The van der Waals surface area contributed by atoms with E-state index in [4.69, 9.17) is 22.7 Å². The molecule has 0 saturated carbocycles. The Morgan fingerprint density at radius 1 is 1.26 bits per heavy atom. The number of thiocarbonyl (C=S) groups is 1. The van der Waals surface area contributed by atoms with Gasteiger partial charge in [-0.15, -0.1) is 5.10 Å². The van der Waals surface area contributed by atoms with Crippen LogP contribution in [0.1, 0.15) is 5.56 Å². The third-order valence-electron chi connectivity index (χ3n) is 2.74. The molecule has 98 valence electrons. The second-order valence-corrected chi connectivity index (χ2v) is 4.33. The minimum Gasteiger partial charge on any atom is -0.497 e. The van der Waals surface area contributed by atoms with E-state index >= 15 is 0 Å². The fourth-order valence-corrected chi connectivity index (χ4v) is 1.85. The van der Waals surface area contributed by atoms with Crippen LogP contribution in [0.5, 0.6) is 5.75 Å². The third kappa shape index (κ3) is 2.79. The number of rotatable bonds is 4. The van der Waals surface area contributed by atoms with E-state index in [1.807, 2.05) is 36.2 Å². The average Bonchev–Trinajstić information content (AvgIpc) is 2.46. The number of ether oxygens (including phenoxy) is 1. The Hall–Kier alpha value is -2.21. The van der Waals surface area contributed by atoms with E-state index in [1.54, 1.807) is 19.4 Å². The van der Waals surface area contributed by atoms with Crippen LogP contribution in [0.3, 0.4) is 0 Å². The van der Waals surface area contributed by atoms with Gasteiger partial charge in [0.2, 0.25) is 0 Å². The summed E-state index contributed by atoms with van der Waals surface area (Å²) in [6.45, 7) is 0. The van der Waals surface area contributed by atoms with Crippen LogP contribution < -0.4 is 15.4 Å². The van der Waals surface area contributed by atoms with E-state index in [0.29, 0.717) is 16.4 Å². The normalized spacial score (nSPS) is 10.0. The molecule has 1 aromatic heterocycles. The summed E-state index contributed by atoms with van der Waals surface area (Å²) in [5.41, 5.74) is 7.33. The first-order valence-corrected chi connectivity index (χ1v) is 6.03. The van der Waals surface area contributed by atoms with Gasteiger partial charge in [-0.3, -0.25) is 0 Å². The van der Waals surface area contributed by atoms with Gasteiger partial charge in [-0.2, -0.15) is 5.10 Å². The van der Waals surface area contributed by atoms with Crippen molar-refractivity contribution in [2.45, 2.75) is 0 Å². The Labute approximate surface area is 117 Å². The van der Waals surface area contributed by atoms with Crippen molar-refractivity contribution in [2.24, 2.45) is 5.73 Å². The van der Waals surface area contributed by atoms with Gasteiger partial charge in [0, 0.05) is 12.7 Å². The smallest absolute Gasteiger partial charge is 0.165 e. The molecule has 0 fully saturated rings. The van der Waals surface area contributed by atoms with Crippen LogP contribution in [-0.4, -0.2) is 29.3 Å². The zero-order valence-electron chi connectivity index (χ0n) is 10.7. The summed E-state index contributed by atoms with van der Waals surface area (Å²) >= 11 is 5.02. The second-order valence-electron chi connectivity index (χ2n) is 3.89. The van der Waals surface area contributed by atoms with Crippen LogP contribution in [0.2, 0.25) is 0 Å². The number of benzene rings is 1. The molecule has 2 rings (SSSR count). The zero-order chi connectivity index (χ0) is 13.8. The number of methoxy groups -OCH3 is 1. The van der Waals surface area contributed by atoms with E-state index in [9.17, 15) is 0 Å². The predicted molar refractivity (Wildman–Crippen MR) is 79.0 cm³/mol. The molecule has 0 spiro atoms. The van der Waals surface area contributed by atoms with Gasteiger partial charge in [0.15, 0.2) is 5.82 Å². The third-order valence-corrected chi connectivity index (χ3v) is 2.96. The summed E-state index contributed by atoms with van der Waals surface area (Å²) in [5.74, 6) is 1.42. The van der Waals surface area contributed by atoms with Crippen molar-refractivity contribution in [3.05, 3.63) is 42.1 Å². The largest absolute Gasteiger partial charge is 0.497 e. The molecule has 0 radical (unpaired) electrons. The van der Waals surface area contributed by atoms with Crippen LogP contribution in [0.25, 0.3) is 0 Å². The standard InChI is InChI=1S/C13H14N4OS/c1-17(9-3-5-10(18-2)6-4-9)13-11(12(14)19)7-8-15-16-13/h3-8H,1-2H3,(H2,14,19). The Kier molecular flexibility index (Phi) is 3.91. The molecular weight excluding hydrogens is 260 g/mol. The minimum atomic E-state index is 0.297. The van der Waals surface area contributed by atoms with Gasteiger partial charge < -0.3 is 15.4 Å². The van der Waals surface area contributed by atoms with Gasteiger partial charge in [0.05, 0.1) is 18.9 Å². The maximum absolute atomic E-state index is 5.69. The van der Waals surface area contributed by atoms with Crippen LogP contribution >= 0.6 is 12.2 Å². The van der Waals surface area contributed by atoms with Crippen molar-refractivity contribution in [1.29, 1.82) is 0 Å². The molecule has 19 heavy (non-hydrogen) atoms. The van der Waals surface area contributed by atoms with Crippen LogP contribution in [0, 0.1) is 0 Å². The van der Waals surface area contributed by atoms with E-state index in [1.165, 1.54) is 0 Å². The fourth-order valence-electron chi connectivity index (χ4n) is 1.69. The molecule has 2 aromatic rings. The molecule has 6 heteroatoms. The number of nitrogens with zero attached hydrogens (tertiary/aromatic N) is 3. The van der Waals surface area contributed by atoms with E-state index in [2.05, 4.69) is 10.2 Å². The molecule has 1 heterocycles. The van der Waals surface area contributed by atoms with Crippen LogP contribution in [0.4, 0.5) is 11.5 Å². The summed E-state index contributed by atoms with van der Waals surface area (Å²) in [7, 11) is 3.51. The lowest BCUT2D eigenvalue weighted by molar-refractivity contribution is 0.415. The highest BCUT2D eigenvalue weighted by Gasteiger charge is 2.13. The Morgan fingerprint density at radius 3 is 2.53 bits per heavy atom. The summed E-state index contributed by atoms with van der Waals surface area (Å²) < 4.78 is 5.13. The number of hydrogen-bond acceptors (Lipinski definition) is 5. The first-order chi connectivity index (χ1) is 9.13. The Bertz CT molecular complexity index is 585. The SMILES string of the molecule is COc1ccc(N(C)c2nnccc2C(N)=S)cc1. The number of aromatic nitrogens is 2. The average molecular weight is 274 g/mol. The molecule has 0 saturated heterocycles. The van der Waals surface area contributed by atoms with E-state index in [0.717, 1.165) is 11.4 Å². The van der Waals surface area contributed by atoms with Crippen molar-refractivity contribution < 1.29 is 4.74 Å². The zero-order valence-corrected chi connectivity index (χ0v) is 11.5. The van der Waals surface area contributed by atoms with Gasteiger partial charge in [0.1, 0.15) is 10.7 Å². The first kappa shape index (κ1) is 13.2. The summed E-state index contributed by atoms with van der Waals surface area (Å²) in [6, 6.07) is 9.36. The molecular formula is C13H14N4OS. The number of anilines is 2.